The van der Waals surface area contributed by atoms with E-state index in [9.17, 15) is 9.59 Å². The molecule has 0 heterocycles. The highest BCUT2D eigenvalue weighted by Gasteiger charge is 2.34. The third-order valence-corrected chi connectivity index (χ3v) is 2.45. The highest BCUT2D eigenvalue weighted by atomic mass is 16.4. The third kappa shape index (κ3) is 1.75. The molecule has 0 aromatic rings. The van der Waals surface area contributed by atoms with Gasteiger partial charge in [0.05, 0.1) is 11.8 Å². The lowest BCUT2D eigenvalue weighted by Gasteiger charge is -2.25. The van der Waals surface area contributed by atoms with Crippen LogP contribution in [0.25, 0.3) is 0 Å². The van der Waals surface area contributed by atoms with Crippen LogP contribution in [0.5, 0.6) is 0 Å². The van der Waals surface area contributed by atoms with E-state index < -0.39 is 23.7 Å². The van der Waals surface area contributed by atoms with Gasteiger partial charge in [-0.1, -0.05) is 12.8 Å². The first-order valence-corrected chi connectivity index (χ1v) is 4.15. The van der Waals surface area contributed by atoms with Gasteiger partial charge in [0.1, 0.15) is 0 Å². The molecule has 1 aliphatic carbocycles. The number of primary amides is 1. The fraction of sp³-hybridized carbons (Fsp3) is 0.750. The second-order valence-corrected chi connectivity index (χ2v) is 3.24. The zero-order chi connectivity index (χ0) is 9.14. The molecule has 0 saturated heterocycles. The van der Waals surface area contributed by atoms with Crippen LogP contribution in [0.15, 0.2) is 0 Å². The Morgan fingerprint density at radius 1 is 1.17 bits per heavy atom. The SMILES string of the molecule is NC(=O)C1CCCCC1C(=O)O. The average Bonchev–Trinajstić information content (AvgIpc) is 2.04. The summed E-state index contributed by atoms with van der Waals surface area (Å²) in [4.78, 5) is 21.5. The van der Waals surface area contributed by atoms with Crippen LogP contribution in [-0.2, 0) is 9.59 Å². The fourth-order valence-corrected chi connectivity index (χ4v) is 1.77. The molecule has 2 atom stereocenters. The monoisotopic (exact) mass is 171 g/mol. The molecule has 0 bridgehead atoms. The van der Waals surface area contributed by atoms with Crippen molar-refractivity contribution in [1.29, 1.82) is 0 Å². The van der Waals surface area contributed by atoms with E-state index in [1.165, 1.54) is 0 Å². The van der Waals surface area contributed by atoms with Crippen LogP contribution in [0.1, 0.15) is 25.7 Å². The van der Waals surface area contributed by atoms with Crippen LogP contribution < -0.4 is 5.73 Å². The topological polar surface area (TPSA) is 80.4 Å². The largest absolute Gasteiger partial charge is 0.481 e. The molecular weight excluding hydrogens is 158 g/mol. The number of hydrogen-bond donors (Lipinski definition) is 2. The number of rotatable bonds is 2. The van der Waals surface area contributed by atoms with E-state index >= 15 is 0 Å². The lowest BCUT2D eigenvalue weighted by Crippen LogP contribution is -2.36. The Hall–Kier alpha value is -1.06. The average molecular weight is 171 g/mol. The lowest BCUT2D eigenvalue weighted by atomic mass is 9.79. The lowest BCUT2D eigenvalue weighted by molar-refractivity contribution is -0.148. The van der Waals surface area contributed by atoms with E-state index in [-0.39, 0.29) is 0 Å². The van der Waals surface area contributed by atoms with Crippen LogP contribution in [0.2, 0.25) is 0 Å². The smallest absolute Gasteiger partial charge is 0.307 e. The number of nitrogens with two attached hydrogens (primary N) is 1. The van der Waals surface area contributed by atoms with E-state index in [2.05, 4.69) is 0 Å². The number of carbonyl (C=O) groups excluding carboxylic acids is 1. The van der Waals surface area contributed by atoms with Crippen molar-refractivity contribution < 1.29 is 14.7 Å². The van der Waals surface area contributed by atoms with Crippen molar-refractivity contribution in [2.24, 2.45) is 17.6 Å². The van der Waals surface area contributed by atoms with E-state index in [4.69, 9.17) is 10.8 Å². The molecule has 1 aliphatic rings. The van der Waals surface area contributed by atoms with Gasteiger partial charge in [0.15, 0.2) is 0 Å². The number of carbonyl (C=O) groups is 2. The van der Waals surface area contributed by atoms with Crippen molar-refractivity contribution in [1.82, 2.24) is 0 Å². The molecule has 68 valence electrons. The number of amides is 1. The van der Waals surface area contributed by atoms with E-state index in [0.717, 1.165) is 12.8 Å². The van der Waals surface area contributed by atoms with Crippen LogP contribution in [-0.4, -0.2) is 17.0 Å². The van der Waals surface area contributed by atoms with Crippen LogP contribution in [0, 0.1) is 11.8 Å². The summed E-state index contributed by atoms with van der Waals surface area (Å²) in [5, 5.41) is 8.75. The minimum absolute atomic E-state index is 0.448. The predicted molar refractivity (Wildman–Crippen MR) is 42.3 cm³/mol. The molecule has 1 rings (SSSR count). The number of hydrogen-bond acceptors (Lipinski definition) is 2. The molecule has 1 fully saturated rings. The first kappa shape index (κ1) is 9.03. The summed E-state index contributed by atoms with van der Waals surface area (Å²) >= 11 is 0. The van der Waals surface area contributed by atoms with Crippen LogP contribution in [0.3, 0.4) is 0 Å². The molecule has 0 aromatic heterocycles. The van der Waals surface area contributed by atoms with Crippen molar-refractivity contribution in [3.8, 4) is 0 Å². The first-order valence-electron chi connectivity index (χ1n) is 4.15. The highest BCUT2D eigenvalue weighted by molar-refractivity contribution is 5.83. The van der Waals surface area contributed by atoms with E-state index in [1.807, 2.05) is 0 Å². The van der Waals surface area contributed by atoms with Gasteiger partial charge in [-0.05, 0) is 12.8 Å². The molecule has 0 aliphatic heterocycles. The summed E-state index contributed by atoms with van der Waals surface area (Å²) in [6.45, 7) is 0. The summed E-state index contributed by atoms with van der Waals surface area (Å²) in [6, 6.07) is 0. The molecule has 3 N–H and O–H groups in total. The molecule has 0 aromatic carbocycles. The van der Waals surface area contributed by atoms with Gasteiger partial charge in [-0.25, -0.2) is 0 Å². The maximum Gasteiger partial charge on any atom is 0.307 e. The van der Waals surface area contributed by atoms with Crippen molar-refractivity contribution in [2.45, 2.75) is 25.7 Å². The molecule has 1 amide bonds. The molecule has 0 spiro atoms. The summed E-state index contributed by atoms with van der Waals surface area (Å²) in [5.41, 5.74) is 5.09. The zero-order valence-corrected chi connectivity index (χ0v) is 6.82. The zero-order valence-electron chi connectivity index (χ0n) is 6.82. The fourth-order valence-electron chi connectivity index (χ4n) is 1.77. The Bertz CT molecular complexity index is 180. The number of aliphatic carboxylic acids is 1. The van der Waals surface area contributed by atoms with Crippen molar-refractivity contribution in [3.63, 3.8) is 0 Å². The van der Waals surface area contributed by atoms with Gasteiger partial charge in [0.25, 0.3) is 0 Å². The van der Waals surface area contributed by atoms with Crippen LogP contribution >= 0.6 is 0 Å². The number of carboxylic acids is 1. The standard InChI is InChI=1S/C8H13NO3/c9-7(10)5-3-1-2-4-6(5)8(11)12/h5-6H,1-4H2,(H2,9,10)(H,11,12). The normalized spacial score (nSPS) is 29.7. The quantitative estimate of drug-likeness (QED) is 0.629. The van der Waals surface area contributed by atoms with Gasteiger partial charge in [-0.3, -0.25) is 9.59 Å². The summed E-state index contributed by atoms with van der Waals surface area (Å²) in [7, 11) is 0. The van der Waals surface area contributed by atoms with Crippen LogP contribution in [0.4, 0.5) is 0 Å². The molecule has 12 heavy (non-hydrogen) atoms. The Morgan fingerprint density at radius 2 is 1.67 bits per heavy atom. The molecular formula is C8H13NO3. The summed E-state index contributed by atoms with van der Waals surface area (Å²) in [5.74, 6) is -2.35. The second kappa shape index (κ2) is 3.56. The molecule has 2 unspecified atom stereocenters. The van der Waals surface area contributed by atoms with Gasteiger partial charge in [-0.2, -0.15) is 0 Å². The van der Waals surface area contributed by atoms with Crippen molar-refractivity contribution >= 4 is 11.9 Å². The maximum atomic E-state index is 10.8. The molecule has 4 heteroatoms. The Labute approximate surface area is 70.7 Å². The van der Waals surface area contributed by atoms with Gasteiger partial charge < -0.3 is 10.8 Å². The summed E-state index contributed by atoms with van der Waals surface area (Å²) < 4.78 is 0. The van der Waals surface area contributed by atoms with Gasteiger partial charge in [-0.15, -0.1) is 0 Å². The minimum atomic E-state index is -0.890. The molecule has 0 radical (unpaired) electrons. The Morgan fingerprint density at radius 3 is 2.00 bits per heavy atom. The van der Waals surface area contributed by atoms with Gasteiger partial charge in [0, 0.05) is 0 Å². The summed E-state index contributed by atoms with van der Waals surface area (Å²) in [6.07, 6.45) is 3.02. The predicted octanol–water partition coefficient (Wildman–Crippen LogP) is 0.363. The Balaban J connectivity index is 2.67. The van der Waals surface area contributed by atoms with Gasteiger partial charge in [0.2, 0.25) is 5.91 Å². The maximum absolute atomic E-state index is 10.8. The van der Waals surface area contributed by atoms with E-state index in [1.54, 1.807) is 0 Å². The Kier molecular flexibility index (Phi) is 2.68. The number of carboxylic acid groups (broad SMARTS) is 1. The molecule has 4 nitrogen and oxygen atoms in total. The molecule has 1 saturated carbocycles. The minimum Gasteiger partial charge on any atom is -0.481 e. The highest BCUT2D eigenvalue weighted by Crippen LogP contribution is 2.29. The van der Waals surface area contributed by atoms with Crippen molar-refractivity contribution in [2.75, 3.05) is 0 Å². The van der Waals surface area contributed by atoms with Crippen molar-refractivity contribution in [3.05, 3.63) is 0 Å². The third-order valence-electron chi connectivity index (χ3n) is 2.45. The van der Waals surface area contributed by atoms with E-state index in [0.29, 0.717) is 12.8 Å². The first-order chi connectivity index (χ1) is 5.63. The van der Waals surface area contributed by atoms with Gasteiger partial charge >= 0.3 is 5.97 Å². The second-order valence-electron chi connectivity index (χ2n) is 3.24.